The Labute approximate surface area is 158 Å². The molecule has 0 amide bonds. The molecule has 0 aliphatic heterocycles. The van der Waals surface area contributed by atoms with Gasteiger partial charge in [-0.2, -0.15) is 0 Å². The van der Waals surface area contributed by atoms with Crippen LogP contribution in [-0.2, 0) is 11.2 Å². The lowest BCUT2D eigenvalue weighted by molar-refractivity contribution is 0.105. The van der Waals surface area contributed by atoms with Crippen LogP contribution in [0.2, 0.25) is 0 Å². The van der Waals surface area contributed by atoms with Crippen LogP contribution in [0.25, 0.3) is 0 Å². The molecule has 0 unspecified atom stereocenters. The SMILES string of the molecule is CCOCCC1(CNC(=NC)NCCCc2ccc(O)cc2)CCCC1. The van der Waals surface area contributed by atoms with Crippen molar-refractivity contribution in [3.63, 3.8) is 0 Å². The summed E-state index contributed by atoms with van der Waals surface area (Å²) in [5, 5.41) is 16.3. The summed E-state index contributed by atoms with van der Waals surface area (Å²) in [6, 6.07) is 7.44. The van der Waals surface area contributed by atoms with E-state index in [-0.39, 0.29) is 0 Å². The molecule has 0 radical (unpaired) electrons. The van der Waals surface area contributed by atoms with Crippen LogP contribution >= 0.6 is 0 Å². The van der Waals surface area contributed by atoms with Crippen LogP contribution in [0.5, 0.6) is 5.75 Å². The molecule has 1 aromatic carbocycles. The number of nitrogens with zero attached hydrogens (tertiary/aromatic N) is 1. The van der Waals surface area contributed by atoms with E-state index in [9.17, 15) is 5.11 Å². The Morgan fingerprint density at radius 2 is 1.92 bits per heavy atom. The quantitative estimate of drug-likeness (QED) is 0.339. The number of phenolic OH excluding ortho intramolecular Hbond substituents is 1. The molecule has 146 valence electrons. The molecule has 0 saturated heterocycles. The highest BCUT2D eigenvalue weighted by Gasteiger charge is 2.33. The minimum Gasteiger partial charge on any atom is -0.508 e. The zero-order chi connectivity index (χ0) is 18.7. The summed E-state index contributed by atoms with van der Waals surface area (Å²) in [4.78, 5) is 4.36. The van der Waals surface area contributed by atoms with Crippen molar-refractivity contribution in [1.82, 2.24) is 10.6 Å². The molecule has 1 saturated carbocycles. The largest absolute Gasteiger partial charge is 0.508 e. The molecule has 0 heterocycles. The third-order valence-electron chi connectivity index (χ3n) is 5.37. The normalized spacial score (nSPS) is 16.6. The monoisotopic (exact) mass is 361 g/mol. The predicted molar refractivity (Wildman–Crippen MR) is 108 cm³/mol. The van der Waals surface area contributed by atoms with Crippen LogP contribution in [0, 0.1) is 5.41 Å². The van der Waals surface area contributed by atoms with Crippen molar-refractivity contribution in [2.45, 2.75) is 51.9 Å². The second-order valence-electron chi connectivity index (χ2n) is 7.28. The number of aryl methyl sites for hydroxylation is 1. The summed E-state index contributed by atoms with van der Waals surface area (Å²) in [6.07, 6.45) is 8.37. The molecule has 1 fully saturated rings. The van der Waals surface area contributed by atoms with Gasteiger partial charge in [0.15, 0.2) is 5.96 Å². The van der Waals surface area contributed by atoms with Gasteiger partial charge in [0, 0.05) is 33.4 Å². The van der Waals surface area contributed by atoms with Crippen molar-refractivity contribution in [3.05, 3.63) is 29.8 Å². The molecule has 0 aromatic heterocycles. The van der Waals surface area contributed by atoms with Crippen molar-refractivity contribution in [1.29, 1.82) is 0 Å². The summed E-state index contributed by atoms with van der Waals surface area (Å²) < 4.78 is 5.59. The number of hydrogen-bond donors (Lipinski definition) is 3. The summed E-state index contributed by atoms with van der Waals surface area (Å²) >= 11 is 0. The third-order valence-corrected chi connectivity index (χ3v) is 5.37. The average molecular weight is 362 g/mol. The maximum atomic E-state index is 9.33. The zero-order valence-corrected chi connectivity index (χ0v) is 16.4. The van der Waals surface area contributed by atoms with Gasteiger partial charge in [0.2, 0.25) is 0 Å². The molecular weight excluding hydrogens is 326 g/mol. The first-order valence-electron chi connectivity index (χ1n) is 9.98. The number of nitrogens with one attached hydrogen (secondary N) is 2. The van der Waals surface area contributed by atoms with E-state index >= 15 is 0 Å². The predicted octanol–water partition coefficient (Wildman–Crippen LogP) is 3.48. The van der Waals surface area contributed by atoms with Crippen LogP contribution in [0.15, 0.2) is 29.3 Å². The molecule has 1 aromatic rings. The van der Waals surface area contributed by atoms with Crippen LogP contribution in [-0.4, -0.2) is 44.4 Å². The lowest BCUT2D eigenvalue weighted by Gasteiger charge is -2.30. The van der Waals surface area contributed by atoms with Crippen LogP contribution < -0.4 is 10.6 Å². The summed E-state index contributed by atoms with van der Waals surface area (Å²) in [6.45, 7) is 5.57. The number of benzene rings is 1. The van der Waals surface area contributed by atoms with Gasteiger partial charge in [0.1, 0.15) is 5.75 Å². The van der Waals surface area contributed by atoms with Crippen molar-refractivity contribution in [2.75, 3.05) is 33.4 Å². The Balaban J connectivity index is 1.69. The van der Waals surface area contributed by atoms with Crippen LogP contribution in [0.3, 0.4) is 0 Å². The van der Waals surface area contributed by atoms with E-state index in [1.807, 2.05) is 19.2 Å². The topological polar surface area (TPSA) is 65.9 Å². The number of rotatable bonds is 10. The fraction of sp³-hybridized carbons (Fsp3) is 0.667. The first-order valence-corrected chi connectivity index (χ1v) is 9.98. The number of aromatic hydroxyl groups is 1. The van der Waals surface area contributed by atoms with Gasteiger partial charge in [-0.05, 0) is 62.1 Å². The Bertz CT molecular complexity index is 537. The van der Waals surface area contributed by atoms with Gasteiger partial charge >= 0.3 is 0 Å². The molecule has 26 heavy (non-hydrogen) atoms. The van der Waals surface area contributed by atoms with E-state index in [2.05, 4.69) is 22.5 Å². The Kier molecular flexibility index (Phi) is 8.75. The number of hydrogen-bond acceptors (Lipinski definition) is 3. The van der Waals surface area contributed by atoms with Gasteiger partial charge in [0.25, 0.3) is 0 Å². The van der Waals surface area contributed by atoms with Gasteiger partial charge in [-0.25, -0.2) is 0 Å². The summed E-state index contributed by atoms with van der Waals surface area (Å²) in [5.74, 6) is 1.21. The standard InChI is InChI=1S/C21H35N3O2/c1-3-26-16-14-21(12-4-5-13-21)17-24-20(22-2)23-15-6-7-18-8-10-19(25)11-9-18/h8-11,25H,3-7,12-17H2,1-2H3,(H2,22,23,24). The minimum absolute atomic E-state index is 0.321. The Morgan fingerprint density at radius 1 is 1.19 bits per heavy atom. The molecule has 0 atom stereocenters. The second-order valence-corrected chi connectivity index (χ2v) is 7.28. The first-order chi connectivity index (χ1) is 12.7. The van der Waals surface area contributed by atoms with Crippen LogP contribution in [0.4, 0.5) is 0 Å². The molecule has 1 aliphatic rings. The van der Waals surface area contributed by atoms with Crippen molar-refractivity contribution in [3.8, 4) is 5.75 Å². The van der Waals surface area contributed by atoms with Crippen LogP contribution in [0.1, 0.15) is 51.0 Å². The summed E-state index contributed by atoms with van der Waals surface area (Å²) in [5.41, 5.74) is 1.60. The lowest BCUT2D eigenvalue weighted by Crippen LogP contribution is -2.43. The number of phenols is 1. The van der Waals surface area contributed by atoms with E-state index in [1.54, 1.807) is 12.1 Å². The zero-order valence-electron chi connectivity index (χ0n) is 16.4. The minimum atomic E-state index is 0.321. The molecule has 5 nitrogen and oxygen atoms in total. The van der Waals surface area contributed by atoms with Gasteiger partial charge in [-0.1, -0.05) is 25.0 Å². The molecular formula is C21H35N3O2. The van der Waals surface area contributed by atoms with E-state index in [0.717, 1.165) is 51.5 Å². The van der Waals surface area contributed by atoms with Crippen molar-refractivity contribution < 1.29 is 9.84 Å². The Hall–Kier alpha value is -1.75. The number of guanidine groups is 1. The fourth-order valence-corrected chi connectivity index (χ4v) is 3.73. The second kappa shape index (κ2) is 11.1. The number of ether oxygens (including phenoxy) is 1. The number of aliphatic imine (C=N–C) groups is 1. The first kappa shape index (κ1) is 20.6. The molecule has 1 aliphatic carbocycles. The van der Waals surface area contributed by atoms with Gasteiger partial charge < -0.3 is 20.5 Å². The molecule has 0 bridgehead atoms. The van der Waals surface area contributed by atoms with Gasteiger partial charge in [-0.15, -0.1) is 0 Å². The van der Waals surface area contributed by atoms with E-state index < -0.39 is 0 Å². The third kappa shape index (κ3) is 6.87. The van der Waals surface area contributed by atoms with Crippen molar-refractivity contribution >= 4 is 5.96 Å². The highest BCUT2D eigenvalue weighted by molar-refractivity contribution is 5.79. The molecule has 2 rings (SSSR count). The smallest absolute Gasteiger partial charge is 0.190 e. The van der Waals surface area contributed by atoms with Crippen molar-refractivity contribution in [2.24, 2.45) is 10.4 Å². The summed E-state index contributed by atoms with van der Waals surface area (Å²) in [7, 11) is 1.83. The Morgan fingerprint density at radius 3 is 2.58 bits per heavy atom. The maximum Gasteiger partial charge on any atom is 0.190 e. The highest BCUT2D eigenvalue weighted by Crippen LogP contribution is 2.40. The fourth-order valence-electron chi connectivity index (χ4n) is 3.73. The highest BCUT2D eigenvalue weighted by atomic mass is 16.5. The van der Waals surface area contributed by atoms with E-state index in [1.165, 1.54) is 31.2 Å². The van der Waals surface area contributed by atoms with E-state index in [0.29, 0.717) is 11.2 Å². The lowest BCUT2D eigenvalue weighted by atomic mass is 9.83. The maximum absolute atomic E-state index is 9.33. The molecule has 5 heteroatoms. The van der Waals surface area contributed by atoms with Gasteiger partial charge in [0.05, 0.1) is 0 Å². The molecule has 0 spiro atoms. The molecule has 3 N–H and O–H groups in total. The van der Waals surface area contributed by atoms with Gasteiger partial charge in [-0.3, -0.25) is 4.99 Å². The average Bonchev–Trinajstić information content (AvgIpc) is 3.12. The van der Waals surface area contributed by atoms with E-state index in [4.69, 9.17) is 4.74 Å².